The summed E-state index contributed by atoms with van der Waals surface area (Å²) < 4.78 is 12.8. The van der Waals surface area contributed by atoms with Gasteiger partial charge in [0.2, 0.25) is 5.91 Å². The first kappa shape index (κ1) is 20.3. The number of benzene rings is 1. The van der Waals surface area contributed by atoms with Crippen molar-refractivity contribution in [2.75, 3.05) is 33.9 Å². The van der Waals surface area contributed by atoms with Gasteiger partial charge in [-0.15, -0.1) is 0 Å². The number of hydrogen-bond acceptors (Lipinski definition) is 4. The highest BCUT2D eigenvalue weighted by Gasteiger charge is 2.49. The predicted octanol–water partition coefficient (Wildman–Crippen LogP) is 2.70. The number of carbonyl (C=O) groups excluding carboxylic acids is 2. The number of likely N-dealkylation sites (tertiary alicyclic amines) is 2. The minimum Gasteiger partial charge on any atom is -0.493 e. The molecule has 7 heteroatoms. The molecule has 2 fully saturated rings. The van der Waals surface area contributed by atoms with Crippen LogP contribution in [0.15, 0.2) is 36.5 Å². The van der Waals surface area contributed by atoms with E-state index in [1.54, 1.807) is 14.2 Å². The van der Waals surface area contributed by atoms with Crippen molar-refractivity contribution < 1.29 is 19.1 Å². The van der Waals surface area contributed by atoms with E-state index in [0.717, 1.165) is 18.4 Å². The smallest absolute Gasteiger partial charge is 0.270 e. The van der Waals surface area contributed by atoms with E-state index >= 15 is 0 Å². The van der Waals surface area contributed by atoms with E-state index in [1.807, 2.05) is 57.9 Å². The number of carbonyl (C=O) groups is 2. The third-order valence-corrected chi connectivity index (χ3v) is 6.47. The van der Waals surface area contributed by atoms with Crippen molar-refractivity contribution in [2.24, 2.45) is 12.5 Å². The normalized spacial score (nSPS) is 21.4. The summed E-state index contributed by atoms with van der Waals surface area (Å²) in [4.78, 5) is 30.2. The van der Waals surface area contributed by atoms with Gasteiger partial charge in [0, 0.05) is 45.0 Å². The molecular formula is C23H29N3O4. The summed E-state index contributed by atoms with van der Waals surface area (Å²) in [6.07, 6.45) is 4.35. The minimum atomic E-state index is -0.481. The Hall–Kier alpha value is -2.96. The van der Waals surface area contributed by atoms with Crippen molar-refractivity contribution in [3.63, 3.8) is 0 Å². The molecule has 1 aromatic heterocycles. The predicted molar refractivity (Wildman–Crippen MR) is 113 cm³/mol. The maximum Gasteiger partial charge on any atom is 0.270 e. The molecule has 1 aromatic carbocycles. The van der Waals surface area contributed by atoms with Crippen molar-refractivity contribution in [1.82, 2.24) is 14.4 Å². The lowest BCUT2D eigenvalue weighted by atomic mass is 9.78. The Bertz CT molecular complexity index is 954. The van der Waals surface area contributed by atoms with Crippen molar-refractivity contribution >= 4 is 11.8 Å². The molecule has 3 heterocycles. The molecule has 2 aromatic rings. The Balaban J connectivity index is 1.52. The Morgan fingerprint density at radius 1 is 1.10 bits per heavy atom. The first-order chi connectivity index (χ1) is 14.5. The van der Waals surface area contributed by atoms with Gasteiger partial charge < -0.3 is 23.8 Å². The van der Waals surface area contributed by atoms with Gasteiger partial charge in [-0.1, -0.05) is 12.1 Å². The largest absolute Gasteiger partial charge is 0.493 e. The molecule has 2 aliphatic rings. The molecule has 2 amide bonds. The Kier molecular flexibility index (Phi) is 5.45. The number of aryl methyl sites for hydroxylation is 1. The van der Waals surface area contributed by atoms with Crippen LogP contribution in [-0.4, -0.2) is 60.0 Å². The summed E-state index contributed by atoms with van der Waals surface area (Å²) in [7, 11) is 5.10. The first-order valence-corrected chi connectivity index (χ1v) is 10.4. The lowest BCUT2D eigenvalue weighted by Crippen LogP contribution is -2.50. The molecule has 1 atom stereocenters. The van der Waals surface area contributed by atoms with Gasteiger partial charge in [0.05, 0.1) is 19.6 Å². The van der Waals surface area contributed by atoms with E-state index in [1.165, 1.54) is 0 Å². The molecule has 4 rings (SSSR count). The van der Waals surface area contributed by atoms with Crippen LogP contribution in [-0.2, 0) is 18.4 Å². The molecule has 0 saturated carbocycles. The molecule has 2 saturated heterocycles. The molecule has 2 aliphatic heterocycles. The summed E-state index contributed by atoms with van der Waals surface area (Å²) in [5, 5.41) is 0. The first-order valence-electron chi connectivity index (χ1n) is 10.4. The number of amides is 2. The maximum absolute atomic E-state index is 13.5. The number of methoxy groups -OCH3 is 2. The average molecular weight is 412 g/mol. The third kappa shape index (κ3) is 3.42. The van der Waals surface area contributed by atoms with E-state index in [9.17, 15) is 9.59 Å². The Labute approximate surface area is 177 Å². The summed E-state index contributed by atoms with van der Waals surface area (Å²) in [6.45, 7) is 2.30. The second-order valence-electron chi connectivity index (χ2n) is 8.24. The summed E-state index contributed by atoms with van der Waals surface area (Å²) in [6, 6.07) is 9.43. The van der Waals surface area contributed by atoms with Gasteiger partial charge in [0.1, 0.15) is 5.69 Å². The topological polar surface area (TPSA) is 64.0 Å². The summed E-state index contributed by atoms with van der Waals surface area (Å²) >= 11 is 0. The van der Waals surface area contributed by atoms with Gasteiger partial charge in [0.15, 0.2) is 11.5 Å². The molecule has 30 heavy (non-hydrogen) atoms. The second kappa shape index (κ2) is 8.05. The van der Waals surface area contributed by atoms with Crippen LogP contribution < -0.4 is 9.47 Å². The second-order valence-corrected chi connectivity index (χ2v) is 8.24. The fourth-order valence-electron chi connectivity index (χ4n) is 4.86. The Morgan fingerprint density at radius 3 is 2.63 bits per heavy atom. The van der Waals surface area contributed by atoms with Gasteiger partial charge in [-0.2, -0.15) is 0 Å². The van der Waals surface area contributed by atoms with Crippen LogP contribution in [0, 0.1) is 5.41 Å². The standard InChI is InChI=1S/C23H29N3O4/c1-24-12-5-8-18(24)21(27)26-14-11-23(16-26)10-6-13-25(22(23)28)15-17-7-4-9-19(29-2)20(17)30-3/h4-5,7-9,12H,6,10-11,13-16H2,1-3H3. The fourth-order valence-corrected chi connectivity index (χ4v) is 4.86. The van der Waals surface area contributed by atoms with Crippen molar-refractivity contribution in [2.45, 2.75) is 25.8 Å². The molecule has 0 radical (unpaired) electrons. The number of rotatable bonds is 5. The van der Waals surface area contributed by atoms with Gasteiger partial charge in [-0.05, 0) is 37.5 Å². The van der Waals surface area contributed by atoms with Gasteiger partial charge in [0.25, 0.3) is 5.91 Å². The van der Waals surface area contributed by atoms with Crippen molar-refractivity contribution in [3.05, 3.63) is 47.8 Å². The quantitative estimate of drug-likeness (QED) is 0.759. The number of piperidine rings is 1. The number of ether oxygens (including phenoxy) is 2. The molecule has 0 aliphatic carbocycles. The maximum atomic E-state index is 13.5. The average Bonchev–Trinajstić information content (AvgIpc) is 3.38. The van der Waals surface area contributed by atoms with Gasteiger partial charge in [-0.3, -0.25) is 9.59 Å². The molecule has 7 nitrogen and oxygen atoms in total. The summed E-state index contributed by atoms with van der Waals surface area (Å²) in [5.74, 6) is 1.47. The molecule has 0 bridgehead atoms. The zero-order valence-electron chi connectivity index (χ0n) is 17.9. The summed E-state index contributed by atoms with van der Waals surface area (Å²) in [5.41, 5.74) is 1.11. The number of nitrogens with zero attached hydrogens (tertiary/aromatic N) is 3. The van der Waals surface area contributed by atoms with Crippen LogP contribution in [0.3, 0.4) is 0 Å². The molecule has 0 N–H and O–H groups in total. The lowest BCUT2D eigenvalue weighted by molar-refractivity contribution is -0.146. The van der Waals surface area contributed by atoms with E-state index in [0.29, 0.717) is 49.8 Å². The number of hydrogen-bond donors (Lipinski definition) is 0. The van der Waals surface area contributed by atoms with E-state index in [2.05, 4.69) is 0 Å². The van der Waals surface area contributed by atoms with Crippen molar-refractivity contribution in [1.29, 1.82) is 0 Å². The highest BCUT2D eigenvalue weighted by Crippen LogP contribution is 2.41. The lowest BCUT2D eigenvalue weighted by Gasteiger charge is -2.39. The van der Waals surface area contributed by atoms with Crippen LogP contribution in [0.4, 0.5) is 0 Å². The molecule has 160 valence electrons. The van der Waals surface area contributed by atoms with Crippen molar-refractivity contribution in [3.8, 4) is 11.5 Å². The van der Waals surface area contributed by atoms with Crippen LogP contribution in [0.25, 0.3) is 0 Å². The molecule has 1 spiro atoms. The molecular weight excluding hydrogens is 382 g/mol. The van der Waals surface area contributed by atoms with Crippen LogP contribution in [0.2, 0.25) is 0 Å². The Morgan fingerprint density at radius 2 is 1.93 bits per heavy atom. The van der Waals surface area contributed by atoms with Gasteiger partial charge in [-0.25, -0.2) is 0 Å². The zero-order valence-corrected chi connectivity index (χ0v) is 17.9. The van der Waals surface area contributed by atoms with E-state index in [4.69, 9.17) is 9.47 Å². The van der Waals surface area contributed by atoms with Crippen LogP contribution in [0.5, 0.6) is 11.5 Å². The molecule has 1 unspecified atom stereocenters. The zero-order chi connectivity index (χ0) is 21.3. The third-order valence-electron chi connectivity index (χ3n) is 6.47. The van der Waals surface area contributed by atoms with Crippen LogP contribution >= 0.6 is 0 Å². The minimum absolute atomic E-state index is 0.00114. The SMILES string of the molecule is COc1cccc(CN2CCCC3(CCN(C(=O)c4cccn4C)C3)C2=O)c1OC. The van der Waals surface area contributed by atoms with E-state index < -0.39 is 5.41 Å². The van der Waals surface area contributed by atoms with Gasteiger partial charge >= 0.3 is 0 Å². The number of para-hydroxylation sites is 1. The highest BCUT2D eigenvalue weighted by atomic mass is 16.5. The van der Waals surface area contributed by atoms with E-state index in [-0.39, 0.29) is 11.8 Å². The van der Waals surface area contributed by atoms with Crippen LogP contribution in [0.1, 0.15) is 35.3 Å². The highest BCUT2D eigenvalue weighted by molar-refractivity contribution is 5.94. The number of aromatic nitrogens is 1. The fraction of sp³-hybridized carbons (Fsp3) is 0.478. The monoisotopic (exact) mass is 411 g/mol.